The number of aliphatic carboxylic acids is 2. The molecule has 1 heterocycles. The summed E-state index contributed by atoms with van der Waals surface area (Å²) in [6.07, 6.45) is 1.07. The average Bonchev–Trinajstić information content (AvgIpc) is 3.65. The number of carboxylic acid groups (broad SMARTS) is 2. The van der Waals surface area contributed by atoms with Crippen LogP contribution in [0.1, 0.15) is 65.0 Å². The molecule has 0 spiro atoms. The van der Waals surface area contributed by atoms with Crippen LogP contribution in [-0.4, -0.2) is 129 Å². The zero-order valence-electron chi connectivity index (χ0n) is 37.0. The van der Waals surface area contributed by atoms with Crippen LogP contribution < -0.4 is 43.0 Å². The lowest BCUT2D eigenvalue weighted by atomic mass is 10.0. The summed E-state index contributed by atoms with van der Waals surface area (Å²) in [6.45, 7) is 6.98. The molecule has 3 rings (SSSR count). The first-order valence-corrected chi connectivity index (χ1v) is 21.2. The molecule has 7 atom stereocenters. The Bertz CT molecular complexity index is 2140. The van der Waals surface area contributed by atoms with Crippen LogP contribution in [0, 0.1) is 11.8 Å². The number of nitrogens with one attached hydrogen (secondary N) is 8. The number of aromatic nitrogens is 1. The monoisotopic (exact) mass is 907 g/mol. The molecule has 7 amide bonds. The smallest absolute Gasteiger partial charge is 0.326 e. The van der Waals surface area contributed by atoms with Crippen molar-refractivity contribution in [3.63, 3.8) is 0 Å². The van der Waals surface area contributed by atoms with Gasteiger partial charge in [-0.1, -0.05) is 76.2 Å². The van der Waals surface area contributed by atoms with Crippen molar-refractivity contribution in [2.24, 2.45) is 17.6 Å². The number of rotatable bonds is 26. The Hall–Kier alpha value is -6.87. The normalized spacial score (nSPS) is 14.4. The number of H-pyrrole nitrogens is 1. The summed E-state index contributed by atoms with van der Waals surface area (Å²) in [5.74, 6) is -8.77. The van der Waals surface area contributed by atoms with Crippen molar-refractivity contribution in [2.75, 3.05) is 13.2 Å². The third-order valence-corrected chi connectivity index (χ3v) is 10.1. The Kier molecular flexibility index (Phi) is 20.5. The van der Waals surface area contributed by atoms with E-state index in [1.54, 1.807) is 50.4 Å². The molecule has 354 valence electrons. The van der Waals surface area contributed by atoms with Crippen LogP contribution in [-0.2, 0) is 56.0 Å². The Morgan fingerprint density at radius 1 is 0.600 bits per heavy atom. The number of hydrogen-bond acceptors (Lipinski definition) is 11. The molecule has 13 N–H and O–H groups in total. The molecule has 0 unspecified atom stereocenters. The van der Waals surface area contributed by atoms with E-state index >= 15 is 0 Å². The lowest BCUT2D eigenvalue weighted by Crippen LogP contribution is -2.59. The molecule has 0 bridgehead atoms. The number of carboxylic acids is 2. The third-order valence-electron chi connectivity index (χ3n) is 10.1. The van der Waals surface area contributed by atoms with Gasteiger partial charge >= 0.3 is 11.9 Å². The van der Waals surface area contributed by atoms with Crippen molar-refractivity contribution in [1.29, 1.82) is 0 Å². The third kappa shape index (κ3) is 17.3. The van der Waals surface area contributed by atoms with Gasteiger partial charge in [-0.25, -0.2) is 4.79 Å². The average molecular weight is 908 g/mol. The van der Waals surface area contributed by atoms with E-state index in [0.29, 0.717) is 11.1 Å². The number of fused-ring (bicyclic) bond motifs is 1. The fourth-order valence-electron chi connectivity index (χ4n) is 6.70. The van der Waals surface area contributed by atoms with Gasteiger partial charge in [0.25, 0.3) is 0 Å². The number of para-hydroxylation sites is 1. The van der Waals surface area contributed by atoms with Gasteiger partial charge in [0.05, 0.1) is 25.6 Å². The first-order valence-electron chi connectivity index (χ1n) is 21.2. The number of aliphatic hydroxyl groups is 1. The number of hydrogen-bond donors (Lipinski definition) is 12. The minimum Gasteiger partial charge on any atom is -0.481 e. The number of aliphatic hydroxyl groups excluding tert-OH is 1. The van der Waals surface area contributed by atoms with E-state index in [-0.39, 0.29) is 37.5 Å². The highest BCUT2D eigenvalue weighted by molar-refractivity contribution is 5.97. The number of carbonyl (C=O) groups excluding carboxylic acids is 7. The molecule has 1 aromatic heterocycles. The van der Waals surface area contributed by atoms with E-state index in [2.05, 4.69) is 42.2 Å². The molecule has 0 aliphatic heterocycles. The summed E-state index contributed by atoms with van der Waals surface area (Å²) in [4.78, 5) is 119. The first-order chi connectivity index (χ1) is 30.7. The molecule has 0 fully saturated rings. The number of amides is 7. The first kappa shape index (κ1) is 52.5. The molecule has 0 aliphatic carbocycles. The Morgan fingerprint density at radius 2 is 1.14 bits per heavy atom. The van der Waals surface area contributed by atoms with E-state index in [1.807, 2.05) is 38.1 Å². The summed E-state index contributed by atoms with van der Waals surface area (Å²) in [5, 5.41) is 46.7. The van der Waals surface area contributed by atoms with Gasteiger partial charge in [0.1, 0.15) is 36.3 Å². The van der Waals surface area contributed by atoms with Crippen molar-refractivity contribution in [3.05, 3.63) is 71.9 Å². The van der Waals surface area contributed by atoms with Crippen LogP contribution in [0.15, 0.2) is 60.8 Å². The molecule has 65 heavy (non-hydrogen) atoms. The molecular formula is C44H61N9O12. The fourth-order valence-corrected chi connectivity index (χ4v) is 6.70. The fraction of sp³-hybridized carbons (Fsp3) is 0.477. The quantitative estimate of drug-likeness (QED) is 0.0459. The number of carbonyl (C=O) groups is 9. The Morgan fingerprint density at radius 3 is 1.75 bits per heavy atom. The van der Waals surface area contributed by atoms with E-state index in [0.717, 1.165) is 10.9 Å². The van der Waals surface area contributed by atoms with Gasteiger partial charge in [-0.05, 0) is 48.8 Å². The summed E-state index contributed by atoms with van der Waals surface area (Å²) in [6, 6.07) is 6.34. The lowest BCUT2D eigenvalue weighted by molar-refractivity contribution is -0.143. The standard InChI is InChI=1S/C44H61N9O12/c1-23(2)15-31(49-36(55)21-47-40(60)32(17-26-11-7-6-8-12-26)51-43(63)35(22-54)53-39(59)29(45)19-37(56)57)41(61)48-25(5)38(58)50-33(42(62)52-34(44(64)65)16-24(3)4)18-27-20-46-30-14-10-9-13-28(27)30/h6-14,20,23-25,29,31-35,46,54H,15-19,21-22,45H2,1-5H3,(H,47,60)(H,48,61)(H,49,55)(H,50,58)(H,51,63)(H,52,62)(H,53,59)(H,56,57)(H,64,65)/t25-,29-,31+,32+,33+,34-,35+/m0/s1. The minimum atomic E-state index is -1.61. The van der Waals surface area contributed by atoms with Gasteiger partial charge in [0.2, 0.25) is 41.4 Å². The number of aromatic amines is 1. The van der Waals surface area contributed by atoms with Gasteiger partial charge < -0.3 is 63.3 Å². The highest BCUT2D eigenvalue weighted by Gasteiger charge is 2.32. The maximum absolute atomic E-state index is 13.6. The molecular weight excluding hydrogens is 847 g/mol. The molecule has 0 radical (unpaired) electrons. The van der Waals surface area contributed by atoms with Crippen molar-refractivity contribution in [2.45, 2.75) is 109 Å². The van der Waals surface area contributed by atoms with Gasteiger partial charge in [0, 0.05) is 29.9 Å². The molecule has 2 aromatic carbocycles. The zero-order valence-corrected chi connectivity index (χ0v) is 37.0. The van der Waals surface area contributed by atoms with E-state index < -0.39 is 115 Å². The van der Waals surface area contributed by atoms with Crippen LogP contribution in [0.5, 0.6) is 0 Å². The zero-order chi connectivity index (χ0) is 48.4. The second kappa shape index (κ2) is 25.4. The predicted molar refractivity (Wildman–Crippen MR) is 236 cm³/mol. The largest absolute Gasteiger partial charge is 0.481 e. The maximum Gasteiger partial charge on any atom is 0.326 e. The Balaban J connectivity index is 1.71. The second-order valence-corrected chi connectivity index (χ2v) is 16.6. The van der Waals surface area contributed by atoms with Crippen molar-refractivity contribution in [1.82, 2.24) is 42.2 Å². The molecule has 21 heteroatoms. The topological polar surface area (TPSA) is 340 Å². The highest BCUT2D eigenvalue weighted by Crippen LogP contribution is 2.20. The summed E-state index contributed by atoms with van der Waals surface area (Å²) in [5.41, 5.74) is 7.62. The van der Waals surface area contributed by atoms with Crippen LogP contribution in [0.4, 0.5) is 0 Å². The summed E-state index contributed by atoms with van der Waals surface area (Å²) < 4.78 is 0. The maximum atomic E-state index is 13.6. The minimum absolute atomic E-state index is 0.0220. The predicted octanol–water partition coefficient (Wildman–Crippen LogP) is -1.03. The van der Waals surface area contributed by atoms with E-state index in [1.165, 1.54) is 6.92 Å². The molecule has 0 saturated heterocycles. The number of benzene rings is 2. The second-order valence-electron chi connectivity index (χ2n) is 16.6. The van der Waals surface area contributed by atoms with Gasteiger partial charge in [-0.15, -0.1) is 0 Å². The molecule has 0 saturated carbocycles. The van der Waals surface area contributed by atoms with Crippen LogP contribution in [0.3, 0.4) is 0 Å². The van der Waals surface area contributed by atoms with Crippen LogP contribution in [0.25, 0.3) is 10.9 Å². The van der Waals surface area contributed by atoms with Crippen LogP contribution >= 0.6 is 0 Å². The summed E-state index contributed by atoms with van der Waals surface area (Å²) >= 11 is 0. The van der Waals surface area contributed by atoms with Crippen molar-refractivity contribution < 1.29 is 58.5 Å². The van der Waals surface area contributed by atoms with E-state index in [4.69, 9.17) is 10.8 Å². The lowest BCUT2D eigenvalue weighted by Gasteiger charge is -2.25. The summed E-state index contributed by atoms with van der Waals surface area (Å²) in [7, 11) is 0. The van der Waals surface area contributed by atoms with Crippen molar-refractivity contribution >= 4 is 64.2 Å². The molecule has 21 nitrogen and oxygen atoms in total. The van der Waals surface area contributed by atoms with Gasteiger partial charge in [-0.3, -0.25) is 38.4 Å². The number of nitrogens with two attached hydrogens (primary N) is 1. The highest BCUT2D eigenvalue weighted by atomic mass is 16.4. The van der Waals surface area contributed by atoms with E-state index in [9.17, 15) is 53.4 Å². The van der Waals surface area contributed by atoms with Gasteiger partial charge in [-0.2, -0.15) is 0 Å². The van der Waals surface area contributed by atoms with Crippen LogP contribution in [0.2, 0.25) is 0 Å². The van der Waals surface area contributed by atoms with Gasteiger partial charge in [0.15, 0.2) is 0 Å². The Labute approximate surface area is 375 Å². The molecule has 0 aliphatic rings. The van der Waals surface area contributed by atoms with Crippen molar-refractivity contribution in [3.8, 4) is 0 Å². The SMILES string of the molecule is CC(C)C[C@H](NC(=O)[C@@H](Cc1c[nH]c2ccccc12)NC(=O)[C@H](C)NC(=O)[C@@H](CC(C)C)NC(=O)CNC(=O)[C@@H](Cc1ccccc1)NC(=O)[C@@H](CO)NC(=O)[C@@H](N)CC(=O)O)C(=O)O. The molecule has 3 aromatic rings.